The molecule has 1 amide bonds. The molecule has 5 nitrogen and oxygen atoms in total. The first kappa shape index (κ1) is 22.9. The van der Waals surface area contributed by atoms with Crippen molar-refractivity contribution in [3.8, 4) is 5.75 Å². The lowest BCUT2D eigenvalue weighted by Crippen LogP contribution is -2.28. The van der Waals surface area contributed by atoms with Gasteiger partial charge in [-0.15, -0.1) is 0 Å². The number of imidazole rings is 1. The molecule has 0 aliphatic rings. The minimum Gasteiger partial charge on any atom is -0.494 e. The van der Waals surface area contributed by atoms with Crippen LogP contribution in [-0.2, 0) is 11.3 Å². The van der Waals surface area contributed by atoms with Crippen LogP contribution in [-0.4, -0.2) is 22.1 Å². The van der Waals surface area contributed by atoms with E-state index >= 15 is 0 Å². The van der Waals surface area contributed by atoms with Crippen LogP contribution in [0.1, 0.15) is 76.7 Å². The fourth-order valence-electron chi connectivity index (χ4n) is 3.81. The van der Waals surface area contributed by atoms with E-state index in [0.717, 1.165) is 48.4 Å². The average Bonchev–Trinajstić information content (AvgIpc) is 3.15. The Kier molecular flexibility index (Phi) is 8.10. The maximum atomic E-state index is 12.1. The van der Waals surface area contributed by atoms with Gasteiger partial charge in [-0.1, -0.05) is 45.0 Å². The van der Waals surface area contributed by atoms with E-state index in [-0.39, 0.29) is 11.9 Å². The Bertz CT molecular complexity index is 978. The number of rotatable bonds is 11. The Hall–Kier alpha value is -2.82. The van der Waals surface area contributed by atoms with Crippen molar-refractivity contribution in [3.63, 3.8) is 0 Å². The quantitative estimate of drug-likeness (QED) is 0.387. The van der Waals surface area contributed by atoms with E-state index < -0.39 is 0 Å². The second kappa shape index (κ2) is 11.0. The molecule has 1 N–H and O–H groups in total. The molecule has 31 heavy (non-hydrogen) atoms. The molecular formula is C26H35N3O2. The van der Waals surface area contributed by atoms with Crippen molar-refractivity contribution in [1.29, 1.82) is 0 Å². The molecule has 3 rings (SSSR count). The minimum absolute atomic E-state index is 0.0674. The zero-order chi connectivity index (χ0) is 22.2. The van der Waals surface area contributed by atoms with Gasteiger partial charge in [-0.05, 0) is 61.9 Å². The van der Waals surface area contributed by atoms with Crippen molar-refractivity contribution >= 4 is 16.9 Å². The molecule has 0 radical (unpaired) electrons. The highest BCUT2D eigenvalue weighted by Gasteiger charge is 2.18. The molecule has 2 unspecified atom stereocenters. The Morgan fingerprint density at radius 2 is 1.84 bits per heavy atom. The lowest BCUT2D eigenvalue weighted by Gasteiger charge is -2.16. The van der Waals surface area contributed by atoms with E-state index in [1.807, 2.05) is 32.0 Å². The van der Waals surface area contributed by atoms with Gasteiger partial charge in [0.05, 0.1) is 23.7 Å². The van der Waals surface area contributed by atoms with Crippen molar-refractivity contribution in [2.24, 2.45) is 0 Å². The standard InChI is InChI=1S/C26H35N3O2/c1-5-10-25(30)27-20(4)26-28-23-11-7-8-12-24(23)29(26)17-9-18-31-22-15-13-21(14-16-22)19(3)6-2/h7-8,11-16,19-20H,5-6,9-10,17-18H2,1-4H3,(H,27,30). The van der Waals surface area contributed by atoms with Crippen LogP contribution in [0.3, 0.4) is 0 Å². The molecule has 0 fully saturated rings. The predicted octanol–water partition coefficient (Wildman–Crippen LogP) is 6.00. The van der Waals surface area contributed by atoms with Crippen LogP contribution in [0.4, 0.5) is 0 Å². The summed E-state index contributed by atoms with van der Waals surface area (Å²) >= 11 is 0. The third kappa shape index (κ3) is 5.87. The van der Waals surface area contributed by atoms with Crippen molar-refractivity contribution in [2.45, 2.75) is 71.9 Å². The highest BCUT2D eigenvalue weighted by molar-refractivity contribution is 5.78. The van der Waals surface area contributed by atoms with Crippen LogP contribution in [0.25, 0.3) is 11.0 Å². The predicted molar refractivity (Wildman–Crippen MR) is 126 cm³/mol. The summed E-state index contributed by atoms with van der Waals surface area (Å²) in [5.41, 5.74) is 3.39. The molecule has 166 valence electrons. The summed E-state index contributed by atoms with van der Waals surface area (Å²) in [6, 6.07) is 16.4. The van der Waals surface area contributed by atoms with E-state index in [9.17, 15) is 4.79 Å². The molecule has 5 heteroatoms. The topological polar surface area (TPSA) is 56.2 Å². The molecular weight excluding hydrogens is 386 g/mol. The molecule has 3 aromatic rings. The fourth-order valence-corrected chi connectivity index (χ4v) is 3.81. The number of carbonyl (C=O) groups is 1. The van der Waals surface area contributed by atoms with Crippen LogP contribution in [0.5, 0.6) is 5.75 Å². The SMILES string of the molecule is CCCC(=O)NC(C)c1nc2ccccc2n1CCCOc1ccc(C(C)CC)cc1. The Labute approximate surface area is 185 Å². The molecule has 2 aromatic carbocycles. The van der Waals surface area contributed by atoms with Gasteiger partial charge < -0.3 is 14.6 Å². The first-order valence-corrected chi connectivity index (χ1v) is 11.5. The number of hydrogen-bond acceptors (Lipinski definition) is 3. The number of aryl methyl sites for hydroxylation is 1. The van der Waals surface area contributed by atoms with Crippen LogP contribution in [0, 0.1) is 0 Å². The van der Waals surface area contributed by atoms with Gasteiger partial charge in [0.1, 0.15) is 11.6 Å². The molecule has 0 aliphatic carbocycles. The van der Waals surface area contributed by atoms with E-state index in [2.05, 4.69) is 54.1 Å². The zero-order valence-corrected chi connectivity index (χ0v) is 19.2. The minimum atomic E-state index is -0.138. The number of ether oxygens (including phenoxy) is 1. The summed E-state index contributed by atoms with van der Waals surface area (Å²) in [5.74, 6) is 2.44. The number of amides is 1. The zero-order valence-electron chi connectivity index (χ0n) is 19.2. The molecule has 0 spiro atoms. The van der Waals surface area contributed by atoms with Gasteiger partial charge >= 0.3 is 0 Å². The number of aromatic nitrogens is 2. The third-order valence-electron chi connectivity index (χ3n) is 5.78. The number of nitrogens with one attached hydrogen (secondary N) is 1. The van der Waals surface area contributed by atoms with E-state index in [4.69, 9.17) is 9.72 Å². The maximum Gasteiger partial charge on any atom is 0.220 e. The number of hydrogen-bond donors (Lipinski definition) is 1. The van der Waals surface area contributed by atoms with E-state index in [1.165, 1.54) is 5.56 Å². The number of carbonyl (C=O) groups excluding carboxylic acids is 1. The van der Waals surface area contributed by atoms with Crippen molar-refractivity contribution in [2.75, 3.05) is 6.61 Å². The van der Waals surface area contributed by atoms with Crippen LogP contribution in [0.15, 0.2) is 48.5 Å². The number of para-hydroxylation sites is 2. The van der Waals surface area contributed by atoms with Crippen molar-refractivity contribution in [1.82, 2.24) is 14.9 Å². The first-order chi connectivity index (χ1) is 15.0. The molecule has 0 bridgehead atoms. The number of benzene rings is 2. The van der Waals surface area contributed by atoms with Crippen LogP contribution < -0.4 is 10.1 Å². The van der Waals surface area contributed by atoms with Gasteiger partial charge in [0.25, 0.3) is 0 Å². The summed E-state index contributed by atoms with van der Waals surface area (Å²) in [6.07, 6.45) is 3.37. The molecule has 2 atom stereocenters. The largest absolute Gasteiger partial charge is 0.494 e. The monoisotopic (exact) mass is 421 g/mol. The Balaban J connectivity index is 1.64. The molecule has 0 saturated carbocycles. The van der Waals surface area contributed by atoms with Crippen molar-refractivity contribution in [3.05, 3.63) is 59.9 Å². The molecule has 1 aromatic heterocycles. The van der Waals surface area contributed by atoms with Gasteiger partial charge in [-0.2, -0.15) is 0 Å². The van der Waals surface area contributed by atoms with Crippen LogP contribution >= 0.6 is 0 Å². The highest BCUT2D eigenvalue weighted by Crippen LogP contribution is 2.23. The number of fused-ring (bicyclic) bond motifs is 1. The third-order valence-corrected chi connectivity index (χ3v) is 5.78. The van der Waals surface area contributed by atoms with E-state index in [1.54, 1.807) is 0 Å². The molecule has 0 saturated heterocycles. The van der Waals surface area contributed by atoms with Gasteiger partial charge in [-0.3, -0.25) is 4.79 Å². The summed E-state index contributed by atoms with van der Waals surface area (Å²) in [5, 5.41) is 3.08. The van der Waals surface area contributed by atoms with Gasteiger partial charge in [0.2, 0.25) is 5.91 Å². The lowest BCUT2D eigenvalue weighted by atomic mass is 9.99. The number of nitrogens with zero attached hydrogens (tertiary/aromatic N) is 2. The van der Waals surface area contributed by atoms with Gasteiger partial charge in [-0.25, -0.2) is 4.98 Å². The first-order valence-electron chi connectivity index (χ1n) is 11.5. The normalized spacial score (nSPS) is 13.2. The summed E-state index contributed by atoms with van der Waals surface area (Å²) in [6.45, 7) is 9.88. The van der Waals surface area contributed by atoms with Gasteiger partial charge in [0, 0.05) is 13.0 Å². The Morgan fingerprint density at radius 3 is 2.55 bits per heavy atom. The fraction of sp³-hybridized carbons (Fsp3) is 0.462. The van der Waals surface area contributed by atoms with Gasteiger partial charge in [0.15, 0.2) is 0 Å². The summed E-state index contributed by atoms with van der Waals surface area (Å²) < 4.78 is 8.19. The van der Waals surface area contributed by atoms with Crippen LogP contribution in [0.2, 0.25) is 0 Å². The second-order valence-corrected chi connectivity index (χ2v) is 8.23. The summed E-state index contributed by atoms with van der Waals surface area (Å²) in [4.78, 5) is 16.9. The molecule has 0 aliphatic heterocycles. The molecule has 1 heterocycles. The smallest absolute Gasteiger partial charge is 0.220 e. The maximum absolute atomic E-state index is 12.1. The second-order valence-electron chi connectivity index (χ2n) is 8.23. The highest BCUT2D eigenvalue weighted by atomic mass is 16.5. The van der Waals surface area contributed by atoms with Crippen molar-refractivity contribution < 1.29 is 9.53 Å². The van der Waals surface area contributed by atoms with E-state index in [0.29, 0.717) is 18.9 Å². The Morgan fingerprint density at radius 1 is 1.10 bits per heavy atom. The summed E-state index contributed by atoms with van der Waals surface area (Å²) in [7, 11) is 0. The average molecular weight is 422 g/mol. The lowest BCUT2D eigenvalue weighted by molar-refractivity contribution is -0.121.